The van der Waals surface area contributed by atoms with Crippen molar-refractivity contribution >= 4 is 60.9 Å². The lowest BCUT2D eigenvalue weighted by molar-refractivity contribution is 0.399. The van der Waals surface area contributed by atoms with Crippen LogP contribution >= 0.6 is 0 Å². The molecule has 0 unspecified atom stereocenters. The predicted octanol–water partition coefficient (Wildman–Crippen LogP) is 30.2. The van der Waals surface area contributed by atoms with E-state index in [-0.39, 0.29) is 27.1 Å². The summed E-state index contributed by atoms with van der Waals surface area (Å²) in [6.07, 6.45) is 15.4. The predicted molar refractivity (Wildman–Crippen MR) is 455 cm³/mol. The van der Waals surface area contributed by atoms with Crippen LogP contribution in [0.1, 0.15) is 202 Å². The lowest BCUT2D eigenvalue weighted by Gasteiger charge is -2.33. The van der Waals surface area contributed by atoms with Crippen LogP contribution in [0.25, 0.3) is 133 Å². The van der Waals surface area contributed by atoms with Gasteiger partial charge in [-0.2, -0.15) is 0 Å². The van der Waals surface area contributed by atoms with Crippen molar-refractivity contribution < 1.29 is 8.83 Å². The van der Waals surface area contributed by atoms with E-state index in [9.17, 15) is 0 Å². The minimum Gasteiger partial charge on any atom is -0.455 e. The largest absolute Gasteiger partial charge is 0.455 e. The van der Waals surface area contributed by atoms with Gasteiger partial charge in [0.15, 0.2) is 0 Å². The van der Waals surface area contributed by atoms with Crippen molar-refractivity contribution in [3.63, 3.8) is 0 Å². The van der Waals surface area contributed by atoms with Gasteiger partial charge in [-0.25, -0.2) is 0 Å². The van der Waals surface area contributed by atoms with Gasteiger partial charge in [0.2, 0.25) is 0 Å². The summed E-state index contributed by atoms with van der Waals surface area (Å²) in [7, 11) is 0. The molecule has 20 rings (SSSR count). The third-order valence-electron chi connectivity index (χ3n) is 26.9. The van der Waals surface area contributed by atoms with Gasteiger partial charge in [0.05, 0.1) is 0 Å². The Morgan fingerprint density at radius 1 is 0.269 bits per heavy atom. The van der Waals surface area contributed by atoms with E-state index in [4.69, 9.17) is 8.83 Å². The van der Waals surface area contributed by atoms with Crippen LogP contribution in [0.4, 0.5) is 17.1 Å². The Bertz CT molecular complexity index is 6200. The first-order chi connectivity index (χ1) is 52.5. The highest BCUT2D eigenvalue weighted by atomic mass is 16.3. The number of nitrogens with zero attached hydrogens (tertiary/aromatic N) is 1. The molecular weight excluding hydrogens is 1310 g/mol. The summed E-state index contributed by atoms with van der Waals surface area (Å²) >= 11 is 0. The van der Waals surface area contributed by atoms with E-state index in [0.717, 1.165) is 61.3 Å². The van der Waals surface area contributed by atoms with Gasteiger partial charge >= 0.3 is 0 Å². The molecule has 5 aliphatic carbocycles. The maximum absolute atomic E-state index is 7.13. The van der Waals surface area contributed by atoms with Crippen LogP contribution in [0, 0.1) is 0 Å². The van der Waals surface area contributed by atoms with E-state index >= 15 is 0 Å². The molecular formula is C105H95NO2. The van der Waals surface area contributed by atoms with Crippen molar-refractivity contribution in [2.45, 2.75) is 173 Å². The maximum Gasteiger partial charge on any atom is 0.144 e. The Labute approximate surface area is 637 Å². The molecule has 3 heteroatoms. The third-order valence-corrected chi connectivity index (χ3v) is 26.9. The van der Waals surface area contributed by atoms with Gasteiger partial charge in [0.1, 0.15) is 22.3 Å². The average molecular weight is 1400 g/mol. The number of para-hydroxylation sites is 2. The second-order valence-electron chi connectivity index (χ2n) is 34.4. The molecule has 15 aromatic rings. The number of fused-ring (bicyclic) bond motifs is 25. The summed E-state index contributed by atoms with van der Waals surface area (Å²) in [4.78, 5) is 2.54. The second kappa shape index (κ2) is 24.6. The standard InChI is InChI=1S/C105H95NO2/c1-11-13-15-17-30-56-105(57-31-18-16-14-12-2)83-39-27-22-34-72(83)75-53-46-68(60-88(75)105)67-45-52-74-73-51-44-66(58-84(73)101(3,4)85(74)59-67)64-42-47-69(48-43-64)106(70-49-54-77-86(61-70)102(5,6)89-63-81(65-32-20-19-21-33-65)99-94(92(77)89)79-36-24-28-40-90(79)107-99)71-50-55-78-87(62-71)104(9,10)97-93(78)95-80-37-25-29-41-91(80)108-100(95)96-76-35-23-26-38-82(76)103(7,8)98(96)97/h19-29,32-55,58-63H,11-18,30-31,56-57H2,1-10H3. The van der Waals surface area contributed by atoms with Crippen LogP contribution in [-0.4, -0.2) is 0 Å². The van der Waals surface area contributed by atoms with E-state index in [1.54, 1.807) is 11.1 Å². The monoisotopic (exact) mass is 1400 g/mol. The van der Waals surface area contributed by atoms with Crippen LogP contribution in [0.5, 0.6) is 0 Å². The summed E-state index contributed by atoms with van der Waals surface area (Å²) in [5.74, 6) is 0. The Kier molecular flexibility index (Phi) is 15.2. The van der Waals surface area contributed by atoms with Gasteiger partial charge < -0.3 is 13.7 Å². The first kappa shape index (κ1) is 66.7. The Morgan fingerprint density at radius 3 is 1.31 bits per heavy atom. The van der Waals surface area contributed by atoms with Crippen LogP contribution < -0.4 is 4.90 Å². The molecule has 0 radical (unpaired) electrons. The molecule has 0 atom stereocenters. The summed E-state index contributed by atoms with van der Waals surface area (Å²) in [6.45, 7) is 24.2. The number of hydrogen-bond acceptors (Lipinski definition) is 3. The summed E-state index contributed by atoms with van der Waals surface area (Å²) in [5.41, 5.74) is 40.5. The normalized spacial score (nSPS) is 15.6. The highest BCUT2D eigenvalue weighted by Crippen LogP contribution is 2.65. The zero-order chi connectivity index (χ0) is 73.3. The fraction of sp³-hybridized carbons (Fsp3) is 0.257. The number of benzene rings is 13. The highest BCUT2D eigenvalue weighted by molar-refractivity contribution is 6.22. The van der Waals surface area contributed by atoms with Gasteiger partial charge in [-0.05, 0) is 219 Å². The molecule has 5 aliphatic rings. The zero-order valence-electron chi connectivity index (χ0n) is 64.4. The fourth-order valence-corrected chi connectivity index (χ4v) is 21.4. The summed E-state index contributed by atoms with van der Waals surface area (Å²) in [5, 5.41) is 4.71. The summed E-state index contributed by atoms with van der Waals surface area (Å²) < 4.78 is 14.1. The molecule has 2 aromatic heterocycles. The molecule has 0 bridgehead atoms. The van der Waals surface area contributed by atoms with Gasteiger partial charge in [-0.1, -0.05) is 309 Å². The van der Waals surface area contributed by atoms with Crippen molar-refractivity contribution in [3.8, 4) is 89.0 Å². The van der Waals surface area contributed by atoms with Crippen molar-refractivity contribution in [2.24, 2.45) is 0 Å². The maximum atomic E-state index is 7.13. The zero-order valence-corrected chi connectivity index (χ0v) is 64.4. The number of furan rings is 2. The topological polar surface area (TPSA) is 29.5 Å². The molecule has 3 nitrogen and oxygen atoms in total. The second-order valence-corrected chi connectivity index (χ2v) is 34.4. The molecule has 0 aliphatic heterocycles. The fourth-order valence-electron chi connectivity index (χ4n) is 21.4. The van der Waals surface area contributed by atoms with Crippen molar-refractivity contribution in [2.75, 3.05) is 4.90 Å². The van der Waals surface area contributed by atoms with E-state index < -0.39 is 0 Å². The molecule has 2 heterocycles. The molecule has 0 fully saturated rings. The van der Waals surface area contributed by atoms with Gasteiger partial charge in [0, 0.05) is 76.8 Å². The molecule has 0 saturated heterocycles. The molecule has 13 aromatic carbocycles. The first-order valence-corrected chi connectivity index (χ1v) is 40.4. The SMILES string of the molecule is CCCCCCCC1(CCCCCCC)c2ccccc2-c2ccc(-c3ccc4c(c3)C(C)(C)c3cc(-c5ccc(N(c6ccc7c(c6)C(C)(C)c6cc(-c8ccccc8)c8oc9ccccc9c8c6-7)c6ccc7c(c6)C(C)(C)c6c8c(c9oc%10ccccc%10c9c6-7)-c6ccccc6C8(C)C)cc5)ccc3-4)cc21. The molecule has 0 spiro atoms. The van der Waals surface area contributed by atoms with Crippen molar-refractivity contribution in [3.05, 3.63) is 304 Å². The molecule has 108 heavy (non-hydrogen) atoms. The van der Waals surface area contributed by atoms with E-state index in [1.807, 2.05) is 0 Å². The number of unbranched alkanes of at least 4 members (excludes halogenated alkanes) is 8. The van der Waals surface area contributed by atoms with Gasteiger partial charge in [0.25, 0.3) is 0 Å². The van der Waals surface area contributed by atoms with Crippen LogP contribution in [-0.2, 0) is 27.1 Å². The number of hydrogen-bond donors (Lipinski definition) is 0. The molecule has 0 saturated carbocycles. The van der Waals surface area contributed by atoms with Gasteiger partial charge in [-0.3, -0.25) is 0 Å². The molecule has 532 valence electrons. The van der Waals surface area contributed by atoms with Crippen molar-refractivity contribution in [1.82, 2.24) is 0 Å². The lowest BCUT2D eigenvalue weighted by Crippen LogP contribution is -2.25. The summed E-state index contributed by atoms with van der Waals surface area (Å²) in [6, 6.07) is 95.4. The Hall–Kier alpha value is -10.7. The molecule has 0 N–H and O–H groups in total. The Balaban J connectivity index is 0.692. The van der Waals surface area contributed by atoms with Crippen molar-refractivity contribution in [1.29, 1.82) is 0 Å². The average Bonchev–Trinajstić information content (AvgIpc) is 1.50. The van der Waals surface area contributed by atoms with Crippen LogP contribution in [0.3, 0.4) is 0 Å². The Morgan fingerprint density at radius 2 is 0.685 bits per heavy atom. The lowest BCUT2D eigenvalue weighted by atomic mass is 9.70. The van der Waals surface area contributed by atoms with E-state index in [1.165, 1.54) is 210 Å². The quantitative estimate of drug-likeness (QED) is 0.0802. The smallest absolute Gasteiger partial charge is 0.144 e. The highest BCUT2D eigenvalue weighted by Gasteiger charge is 2.50. The van der Waals surface area contributed by atoms with Crippen LogP contribution in [0.15, 0.2) is 258 Å². The number of rotatable bonds is 18. The third kappa shape index (κ3) is 9.64. The van der Waals surface area contributed by atoms with Crippen LogP contribution in [0.2, 0.25) is 0 Å². The minimum atomic E-state index is -0.382. The first-order valence-electron chi connectivity index (χ1n) is 40.4. The molecule has 0 amide bonds. The van der Waals surface area contributed by atoms with E-state index in [0.29, 0.717) is 0 Å². The number of anilines is 3. The minimum absolute atomic E-state index is 0.0360. The van der Waals surface area contributed by atoms with E-state index in [2.05, 4.69) is 323 Å². The van der Waals surface area contributed by atoms with Gasteiger partial charge in [-0.15, -0.1) is 0 Å².